The van der Waals surface area contributed by atoms with Gasteiger partial charge in [-0.3, -0.25) is 4.84 Å². The maximum Gasteiger partial charge on any atom is 0.435 e. The minimum absolute atomic E-state index is 0.168. The molecule has 1 N–H and O–H groups in total. The molecule has 0 saturated heterocycles. The van der Waals surface area contributed by atoms with Crippen molar-refractivity contribution in [3.8, 4) is 0 Å². The maximum atomic E-state index is 12.5. The van der Waals surface area contributed by atoms with Crippen molar-refractivity contribution in [2.45, 2.75) is 117 Å². The molecule has 0 radical (unpaired) electrons. The van der Waals surface area contributed by atoms with Crippen LogP contribution in [0.15, 0.2) is 16.8 Å². The first-order chi connectivity index (χ1) is 19.4. The molecule has 0 bridgehead atoms. The lowest BCUT2D eigenvalue weighted by atomic mass is 9.47. The van der Waals surface area contributed by atoms with E-state index in [2.05, 4.69) is 58.9 Å². The molecule has 7 atom stereocenters. The highest BCUT2D eigenvalue weighted by Crippen LogP contribution is 2.66. The third kappa shape index (κ3) is 6.19. The van der Waals surface area contributed by atoms with Gasteiger partial charge in [-0.05, 0) is 105 Å². The molecular formula is C33H57N3O5Si. The molecule has 4 rings (SSSR count). The lowest BCUT2D eigenvalue weighted by Gasteiger charge is -2.58. The van der Waals surface area contributed by atoms with Crippen molar-refractivity contribution in [1.29, 1.82) is 0 Å². The highest BCUT2D eigenvalue weighted by molar-refractivity contribution is 6.74. The second-order valence-corrected chi connectivity index (χ2v) is 20.6. The van der Waals surface area contributed by atoms with Gasteiger partial charge in [0.1, 0.15) is 0 Å². The van der Waals surface area contributed by atoms with Crippen LogP contribution in [0.25, 0.3) is 0 Å². The van der Waals surface area contributed by atoms with Gasteiger partial charge in [0.05, 0.1) is 5.71 Å². The van der Waals surface area contributed by atoms with Gasteiger partial charge in [0.25, 0.3) is 0 Å². The van der Waals surface area contributed by atoms with E-state index in [1.165, 1.54) is 50.5 Å². The molecule has 9 heteroatoms. The number of rotatable bonds is 7. The molecule has 3 saturated carbocycles. The SMILES string of the molecule is C/C(=N\OC(=O)N(C)CCN(C)C(=O)O)[C@H]1CC[C@H]2[C@@H]3CC=C4C[C@@H](O[Si](C)(C)C(C)(C)C)CC[C@]4(C)[C@H]3CC[C@]12C. The summed E-state index contributed by atoms with van der Waals surface area (Å²) in [6.45, 7) is 19.3. The van der Waals surface area contributed by atoms with Crippen LogP contribution in [0.3, 0.4) is 0 Å². The zero-order chi connectivity index (χ0) is 31.3. The molecule has 4 aliphatic carbocycles. The monoisotopic (exact) mass is 603 g/mol. The van der Waals surface area contributed by atoms with Crippen LogP contribution in [0.4, 0.5) is 9.59 Å². The molecule has 0 aliphatic heterocycles. The Labute approximate surface area is 255 Å². The highest BCUT2D eigenvalue weighted by atomic mass is 28.4. The van der Waals surface area contributed by atoms with Crippen molar-refractivity contribution < 1.29 is 24.0 Å². The Morgan fingerprint density at radius 2 is 1.71 bits per heavy atom. The van der Waals surface area contributed by atoms with Crippen LogP contribution in [0, 0.1) is 34.5 Å². The zero-order valence-electron chi connectivity index (χ0n) is 28.0. The number of oxime groups is 1. The van der Waals surface area contributed by atoms with Crippen LogP contribution < -0.4 is 0 Å². The standard InChI is InChI=1S/C33H57N3O5Si/c1-22(34-40-30(39)36(8)20-19-35(7)29(37)38)26-13-14-27-25-12-11-23-21-24(41-42(9,10)31(2,3)4)15-17-32(23,5)28(25)16-18-33(26,27)6/h11,24-28H,12-21H2,1-10H3,(H,37,38)/b34-22+/t24-,25-,26+,27-,28-,32-,33+/m0/s1. The van der Waals surface area contributed by atoms with Gasteiger partial charge in [0.2, 0.25) is 0 Å². The number of hydrogen-bond acceptors (Lipinski definition) is 5. The zero-order valence-corrected chi connectivity index (χ0v) is 29.0. The van der Waals surface area contributed by atoms with Gasteiger partial charge in [-0.1, -0.05) is 51.4 Å². The van der Waals surface area contributed by atoms with Gasteiger partial charge in [0, 0.05) is 39.2 Å². The largest absolute Gasteiger partial charge is 0.465 e. The van der Waals surface area contributed by atoms with Crippen LogP contribution in [0.2, 0.25) is 18.1 Å². The number of hydrogen-bond donors (Lipinski definition) is 1. The van der Waals surface area contributed by atoms with E-state index in [4.69, 9.17) is 14.4 Å². The first-order valence-electron chi connectivity index (χ1n) is 16.2. The van der Waals surface area contributed by atoms with Crippen molar-refractivity contribution in [2.24, 2.45) is 39.7 Å². The highest BCUT2D eigenvalue weighted by Gasteiger charge is 2.59. The summed E-state index contributed by atoms with van der Waals surface area (Å²) in [6.07, 6.45) is 10.8. The molecule has 4 aliphatic rings. The van der Waals surface area contributed by atoms with Gasteiger partial charge in [-0.25, -0.2) is 9.59 Å². The van der Waals surface area contributed by atoms with Gasteiger partial charge < -0.3 is 19.3 Å². The average molecular weight is 604 g/mol. The van der Waals surface area contributed by atoms with E-state index >= 15 is 0 Å². The quantitative estimate of drug-likeness (QED) is 0.105. The molecule has 0 aromatic heterocycles. The molecule has 0 heterocycles. The molecule has 0 aromatic carbocycles. The fourth-order valence-electron chi connectivity index (χ4n) is 8.74. The Morgan fingerprint density at radius 1 is 1.05 bits per heavy atom. The molecule has 238 valence electrons. The number of carbonyl (C=O) groups is 2. The smallest absolute Gasteiger partial charge is 0.435 e. The number of nitrogens with zero attached hydrogens (tertiary/aromatic N) is 3. The number of likely N-dealkylation sites (N-methyl/N-ethyl adjacent to an activating group) is 2. The van der Waals surface area contributed by atoms with Gasteiger partial charge >= 0.3 is 12.2 Å². The van der Waals surface area contributed by atoms with Crippen LogP contribution in [-0.4, -0.2) is 74.4 Å². The Balaban J connectivity index is 1.40. The van der Waals surface area contributed by atoms with Crippen LogP contribution in [0.1, 0.15) is 92.9 Å². The molecular weight excluding hydrogens is 546 g/mol. The molecule has 8 nitrogen and oxygen atoms in total. The van der Waals surface area contributed by atoms with E-state index in [1.54, 1.807) is 12.6 Å². The fraction of sp³-hybridized carbons (Fsp3) is 0.848. The number of carbonyl (C=O) groups excluding carboxylic acids is 1. The van der Waals surface area contributed by atoms with Crippen molar-refractivity contribution >= 4 is 26.2 Å². The van der Waals surface area contributed by atoms with Crippen LogP contribution in [-0.2, 0) is 9.26 Å². The third-order valence-electron chi connectivity index (χ3n) is 12.5. The van der Waals surface area contributed by atoms with Crippen LogP contribution >= 0.6 is 0 Å². The van der Waals surface area contributed by atoms with E-state index in [0.717, 1.165) is 29.4 Å². The second-order valence-electron chi connectivity index (χ2n) is 15.9. The first-order valence-corrected chi connectivity index (χ1v) is 19.1. The first kappa shape index (κ1) is 33.0. The lowest BCUT2D eigenvalue weighted by Crippen LogP contribution is -2.52. The maximum absolute atomic E-state index is 12.5. The number of allylic oxidation sites excluding steroid dienone is 1. The summed E-state index contributed by atoms with van der Waals surface area (Å²) in [5.41, 5.74) is 3.03. The lowest BCUT2D eigenvalue weighted by molar-refractivity contribution is -0.0415. The summed E-state index contributed by atoms with van der Waals surface area (Å²) >= 11 is 0. The predicted molar refractivity (Wildman–Crippen MR) is 170 cm³/mol. The van der Waals surface area contributed by atoms with Gasteiger partial charge in [-0.2, -0.15) is 0 Å². The molecule has 0 spiro atoms. The summed E-state index contributed by atoms with van der Waals surface area (Å²) in [5.74, 6) is 2.41. The Hall–Kier alpha value is -1.87. The van der Waals surface area contributed by atoms with Gasteiger partial charge in [0.15, 0.2) is 8.32 Å². The molecule has 3 fully saturated rings. The normalized spacial score (nSPS) is 35.0. The average Bonchev–Trinajstić information content (AvgIpc) is 3.26. The topological polar surface area (TPSA) is 91.7 Å². The second kappa shape index (κ2) is 11.9. The Morgan fingerprint density at radius 3 is 2.36 bits per heavy atom. The van der Waals surface area contributed by atoms with Crippen molar-refractivity contribution in [1.82, 2.24) is 9.80 Å². The summed E-state index contributed by atoms with van der Waals surface area (Å²) in [5, 5.41) is 13.6. The Bertz CT molecular complexity index is 1100. The Kier molecular flexibility index (Phi) is 9.36. The molecule has 0 aromatic rings. The minimum Gasteiger partial charge on any atom is -0.465 e. The van der Waals surface area contributed by atoms with Gasteiger partial charge in [-0.15, -0.1) is 0 Å². The van der Waals surface area contributed by atoms with E-state index in [0.29, 0.717) is 23.9 Å². The summed E-state index contributed by atoms with van der Waals surface area (Å²) in [4.78, 5) is 31.4. The molecule has 0 unspecified atom stereocenters. The third-order valence-corrected chi connectivity index (χ3v) is 17.0. The summed E-state index contributed by atoms with van der Waals surface area (Å²) < 4.78 is 6.91. The van der Waals surface area contributed by atoms with E-state index in [1.807, 2.05) is 6.92 Å². The minimum atomic E-state index is -1.78. The summed E-state index contributed by atoms with van der Waals surface area (Å²) in [6, 6.07) is 0. The van der Waals surface area contributed by atoms with Crippen molar-refractivity contribution in [2.75, 3.05) is 27.2 Å². The predicted octanol–water partition coefficient (Wildman–Crippen LogP) is 8.01. The van der Waals surface area contributed by atoms with E-state index in [-0.39, 0.29) is 29.0 Å². The number of amides is 2. The van der Waals surface area contributed by atoms with E-state index < -0.39 is 20.5 Å². The fourth-order valence-corrected chi connectivity index (χ4v) is 10.1. The van der Waals surface area contributed by atoms with E-state index in [9.17, 15) is 9.59 Å². The van der Waals surface area contributed by atoms with Crippen molar-refractivity contribution in [3.05, 3.63) is 11.6 Å². The molecule has 2 amide bonds. The van der Waals surface area contributed by atoms with Crippen LogP contribution in [0.5, 0.6) is 0 Å². The number of carboxylic acid groups (broad SMARTS) is 1. The number of fused-ring (bicyclic) bond motifs is 5. The van der Waals surface area contributed by atoms with Crippen molar-refractivity contribution in [3.63, 3.8) is 0 Å². The molecule has 42 heavy (non-hydrogen) atoms. The summed E-state index contributed by atoms with van der Waals surface area (Å²) in [7, 11) is 1.30.